The number of para-hydroxylation sites is 4. The van der Waals surface area contributed by atoms with Crippen molar-refractivity contribution in [2.45, 2.75) is 0 Å². The number of anilines is 3. The van der Waals surface area contributed by atoms with Crippen LogP contribution >= 0.6 is 0 Å². The summed E-state index contributed by atoms with van der Waals surface area (Å²) in [6.45, 7) is 0. The second-order valence-electron chi connectivity index (χ2n) is 8.92. The fraction of sp³-hybridized carbons (Fsp3) is 0. The number of rotatable bonds is 3. The van der Waals surface area contributed by atoms with Crippen LogP contribution in [0.1, 0.15) is 0 Å². The van der Waals surface area contributed by atoms with Gasteiger partial charge in [0.1, 0.15) is 0 Å². The number of ether oxygens (including phenoxy) is 2. The molecule has 0 saturated heterocycles. The molecule has 1 aliphatic rings. The molecule has 1 aliphatic heterocycles. The molecule has 6 aromatic rings. The van der Waals surface area contributed by atoms with Crippen LogP contribution < -0.4 is 14.4 Å². The summed E-state index contributed by atoms with van der Waals surface area (Å²) in [7, 11) is 0. The van der Waals surface area contributed by atoms with E-state index in [4.69, 9.17) is 9.47 Å². The van der Waals surface area contributed by atoms with E-state index in [1.165, 1.54) is 0 Å². The van der Waals surface area contributed by atoms with Crippen molar-refractivity contribution >= 4 is 17.1 Å². The molecule has 0 saturated carbocycles. The summed E-state index contributed by atoms with van der Waals surface area (Å²) in [5.74, 6) is 2.53. The van der Waals surface area contributed by atoms with Gasteiger partial charge in [0.2, 0.25) is 0 Å². The summed E-state index contributed by atoms with van der Waals surface area (Å²) >= 11 is 0. The van der Waals surface area contributed by atoms with E-state index < -0.39 is 0 Å². The summed E-state index contributed by atoms with van der Waals surface area (Å²) in [4.78, 5) is 11.2. The third-order valence-electron chi connectivity index (χ3n) is 6.41. The molecule has 2 aromatic heterocycles. The van der Waals surface area contributed by atoms with Crippen molar-refractivity contribution < 1.29 is 30.5 Å². The molecule has 0 N–H and O–H groups in total. The summed E-state index contributed by atoms with van der Waals surface area (Å²) in [5, 5.41) is 0. The van der Waals surface area contributed by atoms with E-state index in [1.807, 2.05) is 115 Å². The molecule has 0 bridgehead atoms. The van der Waals surface area contributed by atoms with Crippen molar-refractivity contribution in [2.75, 3.05) is 4.90 Å². The number of nitrogens with zero attached hydrogens (tertiary/aromatic N) is 3. The monoisotopic (exact) mass is 698 g/mol. The fourth-order valence-corrected chi connectivity index (χ4v) is 4.60. The molecular formula is C34H21N3O2Pt. The zero-order valence-electron chi connectivity index (χ0n) is 21.1. The minimum atomic E-state index is 0. The molecular weight excluding hydrogens is 677 g/mol. The molecule has 4 aromatic carbocycles. The maximum Gasteiger partial charge on any atom is 2.00 e. The van der Waals surface area contributed by atoms with Gasteiger partial charge >= 0.3 is 21.1 Å². The predicted molar refractivity (Wildman–Crippen MR) is 152 cm³/mol. The smallest absolute Gasteiger partial charge is 0.496 e. The molecule has 6 heteroatoms. The Bertz CT molecular complexity index is 1780. The molecule has 194 valence electrons. The minimum absolute atomic E-state index is 0. The van der Waals surface area contributed by atoms with Gasteiger partial charge in [-0.05, 0) is 53.5 Å². The Labute approximate surface area is 247 Å². The predicted octanol–water partition coefficient (Wildman–Crippen LogP) is 8.78. The van der Waals surface area contributed by atoms with E-state index >= 15 is 0 Å². The van der Waals surface area contributed by atoms with Gasteiger partial charge in [0.25, 0.3) is 0 Å². The molecule has 0 fully saturated rings. The quantitative estimate of drug-likeness (QED) is 0.173. The van der Waals surface area contributed by atoms with Gasteiger partial charge in [-0.1, -0.05) is 48.5 Å². The van der Waals surface area contributed by atoms with Gasteiger partial charge < -0.3 is 24.3 Å². The second kappa shape index (κ2) is 11.2. The number of benzene rings is 4. The molecule has 0 atom stereocenters. The van der Waals surface area contributed by atoms with Crippen molar-refractivity contribution in [1.29, 1.82) is 0 Å². The topological polar surface area (TPSA) is 47.5 Å². The number of pyridine rings is 2. The van der Waals surface area contributed by atoms with Crippen LogP contribution in [0.5, 0.6) is 23.0 Å². The van der Waals surface area contributed by atoms with Crippen molar-refractivity contribution in [3.05, 3.63) is 140 Å². The Kier molecular flexibility index (Phi) is 7.13. The molecule has 0 radical (unpaired) electrons. The van der Waals surface area contributed by atoms with Gasteiger partial charge in [0.15, 0.2) is 17.2 Å². The average molecular weight is 699 g/mol. The normalized spacial score (nSPS) is 11.7. The maximum atomic E-state index is 6.51. The van der Waals surface area contributed by atoms with Gasteiger partial charge in [0.05, 0.1) is 11.4 Å². The number of hydrogen-bond acceptors (Lipinski definition) is 5. The molecule has 40 heavy (non-hydrogen) atoms. The van der Waals surface area contributed by atoms with E-state index in [1.54, 1.807) is 12.4 Å². The van der Waals surface area contributed by atoms with E-state index in [-0.39, 0.29) is 21.1 Å². The Morgan fingerprint density at radius 2 is 1.10 bits per heavy atom. The Hall–Kier alpha value is -4.73. The van der Waals surface area contributed by atoms with Crippen molar-refractivity contribution in [2.24, 2.45) is 0 Å². The molecule has 5 nitrogen and oxygen atoms in total. The van der Waals surface area contributed by atoms with Crippen LogP contribution in [0.3, 0.4) is 0 Å². The Morgan fingerprint density at radius 3 is 1.77 bits per heavy atom. The van der Waals surface area contributed by atoms with Crippen LogP contribution in [0, 0.1) is 12.1 Å². The first-order valence-corrected chi connectivity index (χ1v) is 12.6. The number of hydrogen-bond donors (Lipinski definition) is 0. The Balaban J connectivity index is 0.00000289. The van der Waals surface area contributed by atoms with Crippen LogP contribution in [0.15, 0.2) is 128 Å². The minimum Gasteiger partial charge on any atom is -0.496 e. The first-order valence-electron chi connectivity index (χ1n) is 12.6. The van der Waals surface area contributed by atoms with Gasteiger partial charge in [-0.2, -0.15) is 0 Å². The van der Waals surface area contributed by atoms with E-state index in [9.17, 15) is 0 Å². The van der Waals surface area contributed by atoms with Gasteiger partial charge in [-0.25, -0.2) is 0 Å². The first kappa shape index (κ1) is 25.5. The molecule has 3 heterocycles. The van der Waals surface area contributed by atoms with E-state index in [0.29, 0.717) is 28.7 Å². The van der Waals surface area contributed by atoms with Crippen LogP contribution in [0.25, 0.3) is 22.5 Å². The van der Waals surface area contributed by atoms with E-state index in [0.717, 1.165) is 33.9 Å². The molecule has 0 spiro atoms. The molecule has 0 amide bonds. The third-order valence-corrected chi connectivity index (χ3v) is 6.41. The Morgan fingerprint density at radius 1 is 0.500 bits per heavy atom. The van der Waals surface area contributed by atoms with Crippen molar-refractivity contribution in [3.63, 3.8) is 0 Å². The summed E-state index contributed by atoms with van der Waals surface area (Å²) < 4.78 is 13.0. The summed E-state index contributed by atoms with van der Waals surface area (Å²) in [5.41, 5.74) is 5.69. The maximum absolute atomic E-state index is 6.51. The first-order chi connectivity index (χ1) is 19.3. The van der Waals surface area contributed by atoms with Crippen LogP contribution in [-0.4, -0.2) is 9.97 Å². The molecule has 0 unspecified atom stereocenters. The van der Waals surface area contributed by atoms with Crippen molar-refractivity contribution in [3.8, 4) is 45.5 Å². The average Bonchev–Trinajstić information content (AvgIpc) is 3.06. The summed E-state index contributed by atoms with van der Waals surface area (Å²) in [6.07, 6.45) is 3.56. The van der Waals surface area contributed by atoms with Crippen molar-refractivity contribution in [1.82, 2.24) is 9.97 Å². The largest absolute Gasteiger partial charge is 2.00 e. The third kappa shape index (κ3) is 4.88. The van der Waals surface area contributed by atoms with Gasteiger partial charge in [-0.15, -0.1) is 53.6 Å². The van der Waals surface area contributed by atoms with Crippen LogP contribution in [0.2, 0.25) is 0 Å². The number of fused-ring (bicyclic) bond motifs is 3. The van der Waals surface area contributed by atoms with E-state index in [2.05, 4.69) is 27.0 Å². The van der Waals surface area contributed by atoms with Crippen LogP contribution in [-0.2, 0) is 21.1 Å². The van der Waals surface area contributed by atoms with Gasteiger partial charge in [-0.3, -0.25) is 0 Å². The zero-order chi connectivity index (χ0) is 26.0. The second-order valence-corrected chi connectivity index (χ2v) is 8.92. The zero-order valence-corrected chi connectivity index (χ0v) is 23.4. The summed E-state index contributed by atoms with van der Waals surface area (Å²) in [6, 6.07) is 44.4. The van der Waals surface area contributed by atoms with Gasteiger partial charge in [0, 0.05) is 18.1 Å². The van der Waals surface area contributed by atoms with Crippen LogP contribution in [0.4, 0.5) is 17.1 Å². The SMILES string of the molecule is [Pt+2].[c-]1c(-c2ccccn2)cccc1N1c2[c-]c(-c3ccccn3)ccc2Oc2ccccc2Oc2ccccc21. The molecule has 0 aliphatic carbocycles. The molecule has 7 rings (SSSR count). The standard InChI is InChI=1S/C34H21N3O2.Pt/c1-2-15-31-29(14-1)37(26-11-9-10-24(22-26)27-12-5-7-20-35-27)30-23-25(28-13-6-8-21-36-28)18-19-32(30)39-34-17-4-3-16-33(34)38-31;/h1-21H;/q-2;+2. The fourth-order valence-electron chi connectivity index (χ4n) is 4.60. The number of aromatic nitrogens is 2.